The number of nitro benzene ring substituents is 1. The predicted octanol–water partition coefficient (Wildman–Crippen LogP) is 2.42. The molecule has 0 aliphatic heterocycles. The normalized spacial score (nSPS) is 12.7. The third-order valence-corrected chi connectivity index (χ3v) is 3.12. The number of hydrogen-bond acceptors (Lipinski definition) is 6. The van der Waals surface area contributed by atoms with E-state index in [1.807, 2.05) is 25.7 Å². The highest BCUT2D eigenvalue weighted by molar-refractivity contribution is 6.69. The lowest BCUT2D eigenvalue weighted by atomic mass is 10.1. The lowest BCUT2D eigenvalue weighted by molar-refractivity contribution is -0.386. The fraction of sp³-hybridized carbons (Fsp3) is 0.364. The molecule has 0 heterocycles. The second kappa shape index (κ2) is 5.25. The molecule has 0 fully saturated rings. The summed E-state index contributed by atoms with van der Waals surface area (Å²) in [6.07, 6.45) is -1.02. The Labute approximate surface area is 111 Å². The van der Waals surface area contributed by atoms with Gasteiger partial charge in [0.1, 0.15) is 0 Å². The van der Waals surface area contributed by atoms with Crippen LogP contribution in [0.1, 0.15) is 11.7 Å². The van der Waals surface area contributed by atoms with Gasteiger partial charge in [0.15, 0.2) is 20.2 Å². The minimum atomic E-state index is -2.04. The quantitative estimate of drug-likeness (QED) is 0.379. The van der Waals surface area contributed by atoms with Gasteiger partial charge < -0.3 is 14.6 Å². The summed E-state index contributed by atoms with van der Waals surface area (Å²) >= 11 is 0. The van der Waals surface area contributed by atoms with Crippen LogP contribution in [0.3, 0.4) is 0 Å². The van der Waals surface area contributed by atoms with Gasteiger partial charge in [-0.3, -0.25) is 10.1 Å². The smallest absolute Gasteiger partial charge is 0.315 e. The van der Waals surface area contributed by atoms with Crippen LogP contribution >= 0.6 is 0 Å². The number of phenols is 2. The zero-order chi connectivity index (χ0) is 14.8. The molecule has 0 spiro atoms. The molecule has 7 nitrogen and oxygen atoms in total. The molecule has 1 rings (SSSR count). The summed E-state index contributed by atoms with van der Waals surface area (Å²) in [5.74, 6) is -1.47. The number of aromatic hydroxyl groups is 2. The number of nitriles is 1. The van der Waals surface area contributed by atoms with Crippen LogP contribution < -0.4 is 0 Å². The Hall–Kier alpha value is -2.11. The van der Waals surface area contributed by atoms with Crippen molar-refractivity contribution >= 4 is 14.0 Å². The lowest BCUT2D eigenvalue weighted by Gasteiger charge is -2.21. The summed E-state index contributed by atoms with van der Waals surface area (Å²) in [5, 5.41) is 38.6. The fourth-order valence-electron chi connectivity index (χ4n) is 1.44. The van der Waals surface area contributed by atoms with E-state index >= 15 is 0 Å². The van der Waals surface area contributed by atoms with Crippen molar-refractivity contribution in [3.63, 3.8) is 0 Å². The van der Waals surface area contributed by atoms with E-state index in [4.69, 9.17) is 9.69 Å². The molecule has 2 N–H and O–H groups in total. The average molecular weight is 282 g/mol. The van der Waals surface area contributed by atoms with Crippen molar-refractivity contribution in [3.8, 4) is 17.6 Å². The van der Waals surface area contributed by atoms with Crippen molar-refractivity contribution in [1.29, 1.82) is 5.26 Å². The fourth-order valence-corrected chi connectivity index (χ4v) is 2.33. The third kappa shape index (κ3) is 3.67. The van der Waals surface area contributed by atoms with Gasteiger partial charge in [0.25, 0.3) is 0 Å². The number of phenolic OH excluding ortho intramolecular Hbond substituents is 2. The lowest BCUT2D eigenvalue weighted by Crippen LogP contribution is -2.27. The molecule has 0 aliphatic rings. The van der Waals surface area contributed by atoms with Gasteiger partial charge in [-0.1, -0.05) is 0 Å². The SMILES string of the molecule is C[Si](C)(C)OC(C#N)c1cc(O)c(O)c([N+](=O)[O-])c1. The predicted molar refractivity (Wildman–Crippen MR) is 69.2 cm³/mol. The van der Waals surface area contributed by atoms with Gasteiger partial charge in [0.05, 0.1) is 11.0 Å². The first-order valence-corrected chi connectivity index (χ1v) is 8.84. The van der Waals surface area contributed by atoms with E-state index in [9.17, 15) is 20.3 Å². The highest BCUT2D eigenvalue weighted by Crippen LogP contribution is 2.38. The van der Waals surface area contributed by atoms with Gasteiger partial charge in [-0.25, -0.2) is 0 Å². The third-order valence-electron chi connectivity index (χ3n) is 2.18. The maximum absolute atomic E-state index is 10.7. The van der Waals surface area contributed by atoms with Crippen LogP contribution in [-0.4, -0.2) is 23.5 Å². The molecule has 1 aromatic rings. The molecule has 1 atom stereocenters. The summed E-state index contributed by atoms with van der Waals surface area (Å²) < 4.78 is 5.57. The zero-order valence-electron chi connectivity index (χ0n) is 10.7. The van der Waals surface area contributed by atoms with Gasteiger partial charge in [-0.15, -0.1) is 0 Å². The van der Waals surface area contributed by atoms with Gasteiger partial charge >= 0.3 is 5.69 Å². The molecule has 1 aromatic carbocycles. The number of rotatable bonds is 4. The highest BCUT2D eigenvalue weighted by Gasteiger charge is 2.26. The monoisotopic (exact) mass is 282 g/mol. The van der Waals surface area contributed by atoms with E-state index in [0.29, 0.717) is 0 Å². The van der Waals surface area contributed by atoms with Crippen molar-refractivity contribution < 1.29 is 19.6 Å². The molecule has 0 bridgehead atoms. The number of benzene rings is 1. The molecule has 0 aliphatic carbocycles. The van der Waals surface area contributed by atoms with E-state index < -0.39 is 36.5 Å². The van der Waals surface area contributed by atoms with E-state index in [1.54, 1.807) is 0 Å². The van der Waals surface area contributed by atoms with Gasteiger partial charge in [-0.05, 0) is 25.7 Å². The molecule has 102 valence electrons. The first-order valence-electron chi connectivity index (χ1n) is 5.43. The zero-order valence-corrected chi connectivity index (χ0v) is 11.7. The Bertz CT molecular complexity index is 547. The molecule has 8 heteroatoms. The standard InChI is InChI=1S/C11H14N2O5Si/c1-19(2,3)18-10(6-12)7-4-8(13(16)17)11(15)9(14)5-7/h4-5,10,14-15H,1-3H3. The molecule has 0 saturated heterocycles. The summed E-state index contributed by atoms with van der Waals surface area (Å²) in [6, 6.07) is 4.01. The van der Waals surface area contributed by atoms with E-state index in [0.717, 1.165) is 12.1 Å². The van der Waals surface area contributed by atoms with Crippen molar-refractivity contribution in [3.05, 3.63) is 27.8 Å². The Balaban J connectivity index is 3.27. The molecular weight excluding hydrogens is 268 g/mol. The summed E-state index contributed by atoms with van der Waals surface area (Å²) in [6.45, 7) is 5.60. The Morgan fingerprint density at radius 3 is 2.42 bits per heavy atom. The van der Waals surface area contributed by atoms with Crippen molar-refractivity contribution in [2.24, 2.45) is 0 Å². The van der Waals surface area contributed by atoms with Crippen LogP contribution in [0.25, 0.3) is 0 Å². The minimum Gasteiger partial charge on any atom is -0.504 e. The molecule has 0 aromatic heterocycles. The Morgan fingerprint density at radius 1 is 1.42 bits per heavy atom. The molecule has 0 radical (unpaired) electrons. The topological polar surface area (TPSA) is 117 Å². The Kier molecular flexibility index (Phi) is 4.13. The van der Waals surface area contributed by atoms with Crippen molar-refractivity contribution in [2.75, 3.05) is 0 Å². The molecule has 0 saturated carbocycles. The molecule has 1 unspecified atom stereocenters. The van der Waals surface area contributed by atoms with E-state index in [2.05, 4.69) is 0 Å². The van der Waals surface area contributed by atoms with E-state index in [1.165, 1.54) is 0 Å². The van der Waals surface area contributed by atoms with Crippen LogP contribution in [0.5, 0.6) is 11.5 Å². The van der Waals surface area contributed by atoms with Crippen LogP contribution in [0, 0.1) is 21.4 Å². The average Bonchev–Trinajstić information content (AvgIpc) is 2.27. The maximum Gasteiger partial charge on any atom is 0.315 e. The molecule has 0 amide bonds. The Morgan fingerprint density at radius 2 is 2.00 bits per heavy atom. The second-order valence-corrected chi connectivity index (χ2v) is 9.36. The summed E-state index contributed by atoms with van der Waals surface area (Å²) in [5.41, 5.74) is -0.513. The van der Waals surface area contributed by atoms with Crippen LogP contribution in [0.2, 0.25) is 19.6 Å². The van der Waals surface area contributed by atoms with Crippen LogP contribution in [0.4, 0.5) is 5.69 Å². The maximum atomic E-state index is 10.7. The summed E-state index contributed by atoms with van der Waals surface area (Å²) in [4.78, 5) is 9.91. The number of hydrogen-bond donors (Lipinski definition) is 2. The number of nitrogens with zero attached hydrogens (tertiary/aromatic N) is 2. The highest BCUT2D eigenvalue weighted by atomic mass is 28.4. The molecule has 19 heavy (non-hydrogen) atoms. The minimum absolute atomic E-state index is 0.145. The van der Waals surface area contributed by atoms with Crippen molar-refractivity contribution in [2.45, 2.75) is 25.7 Å². The first kappa shape index (κ1) is 14.9. The first-order chi connectivity index (χ1) is 8.65. The molecular formula is C11H14N2O5Si. The number of nitro groups is 1. The van der Waals surface area contributed by atoms with Gasteiger partial charge in [0.2, 0.25) is 5.75 Å². The second-order valence-electron chi connectivity index (χ2n) is 4.90. The van der Waals surface area contributed by atoms with Crippen LogP contribution in [0.15, 0.2) is 12.1 Å². The van der Waals surface area contributed by atoms with Crippen LogP contribution in [-0.2, 0) is 4.43 Å². The van der Waals surface area contributed by atoms with Crippen molar-refractivity contribution in [1.82, 2.24) is 0 Å². The van der Waals surface area contributed by atoms with Gasteiger partial charge in [-0.2, -0.15) is 5.26 Å². The van der Waals surface area contributed by atoms with E-state index in [-0.39, 0.29) is 5.56 Å². The summed E-state index contributed by atoms with van der Waals surface area (Å²) in [7, 11) is -2.04. The van der Waals surface area contributed by atoms with Gasteiger partial charge in [0, 0.05) is 11.6 Å². The largest absolute Gasteiger partial charge is 0.504 e.